The predicted molar refractivity (Wildman–Crippen MR) is 125 cm³/mol. The lowest BCUT2D eigenvalue weighted by Crippen LogP contribution is -2.28. The van der Waals surface area contributed by atoms with E-state index in [0.717, 1.165) is 17.1 Å². The van der Waals surface area contributed by atoms with E-state index >= 15 is 0 Å². The first-order chi connectivity index (χ1) is 15.2. The van der Waals surface area contributed by atoms with Crippen molar-refractivity contribution in [2.45, 2.75) is 5.41 Å². The number of hydrogen-bond acceptors (Lipinski definition) is 2. The number of hydrogen-bond donors (Lipinski definition) is 0. The van der Waals surface area contributed by atoms with Crippen LogP contribution in [-0.4, -0.2) is 14.2 Å². The fourth-order valence-corrected chi connectivity index (χ4v) is 4.84. The molecular weight excluding hydrogens is 380 g/mol. The maximum absolute atomic E-state index is 5.81. The van der Waals surface area contributed by atoms with Gasteiger partial charge in [0.2, 0.25) is 0 Å². The Bertz CT molecular complexity index is 1240. The van der Waals surface area contributed by atoms with Gasteiger partial charge >= 0.3 is 0 Å². The Kier molecular flexibility index (Phi) is 4.53. The van der Waals surface area contributed by atoms with Crippen LogP contribution in [-0.2, 0) is 5.41 Å². The van der Waals surface area contributed by atoms with Gasteiger partial charge in [0.25, 0.3) is 0 Å². The van der Waals surface area contributed by atoms with Gasteiger partial charge in [-0.25, -0.2) is 0 Å². The van der Waals surface area contributed by atoms with E-state index in [2.05, 4.69) is 66.6 Å². The maximum atomic E-state index is 5.81. The minimum absolute atomic E-state index is 0.489. The minimum atomic E-state index is -0.489. The van der Waals surface area contributed by atoms with Crippen LogP contribution in [0.3, 0.4) is 0 Å². The molecule has 0 saturated carbocycles. The Morgan fingerprint density at radius 1 is 0.645 bits per heavy atom. The van der Waals surface area contributed by atoms with Crippen molar-refractivity contribution in [1.82, 2.24) is 0 Å². The fraction of sp³-hybridized carbons (Fsp3) is 0.103. The van der Waals surface area contributed by atoms with E-state index in [-0.39, 0.29) is 0 Å². The lowest BCUT2D eigenvalue weighted by Gasteiger charge is -2.34. The van der Waals surface area contributed by atoms with Gasteiger partial charge in [-0.2, -0.15) is 0 Å². The summed E-state index contributed by atoms with van der Waals surface area (Å²) in [7, 11) is 3.38. The van der Waals surface area contributed by atoms with E-state index in [1.54, 1.807) is 14.2 Å². The second-order valence-electron chi connectivity index (χ2n) is 7.66. The summed E-state index contributed by atoms with van der Waals surface area (Å²) in [6.45, 7) is 0. The molecule has 150 valence electrons. The largest absolute Gasteiger partial charge is 0.497 e. The first-order valence-electron chi connectivity index (χ1n) is 10.2. The van der Waals surface area contributed by atoms with Crippen molar-refractivity contribution in [2.75, 3.05) is 14.2 Å². The van der Waals surface area contributed by atoms with Gasteiger partial charge in [0.05, 0.1) is 19.6 Å². The van der Waals surface area contributed by atoms with Crippen molar-refractivity contribution >= 4 is 0 Å². The molecule has 0 N–H and O–H groups in total. The number of rotatable bonds is 4. The van der Waals surface area contributed by atoms with Gasteiger partial charge in [0, 0.05) is 5.56 Å². The number of fused-ring (bicyclic) bond motifs is 3. The van der Waals surface area contributed by atoms with Crippen LogP contribution in [0.4, 0.5) is 0 Å². The van der Waals surface area contributed by atoms with Crippen LogP contribution in [0.5, 0.6) is 11.5 Å². The molecule has 0 unspecified atom stereocenters. The zero-order valence-electron chi connectivity index (χ0n) is 17.6. The molecule has 0 fully saturated rings. The topological polar surface area (TPSA) is 18.5 Å². The third-order valence-corrected chi connectivity index (χ3v) is 6.26. The second-order valence-corrected chi connectivity index (χ2v) is 7.66. The molecule has 1 aliphatic rings. The molecule has 2 nitrogen and oxygen atoms in total. The first-order valence-corrected chi connectivity index (χ1v) is 10.2. The zero-order chi connectivity index (χ0) is 21.4. The van der Waals surface area contributed by atoms with Gasteiger partial charge in [0.15, 0.2) is 0 Å². The molecule has 0 radical (unpaired) electrons. The van der Waals surface area contributed by atoms with Crippen LogP contribution in [0.2, 0.25) is 0 Å². The molecule has 0 aromatic heterocycles. The number of ether oxygens (including phenoxy) is 2. The van der Waals surface area contributed by atoms with Crippen LogP contribution in [0.15, 0.2) is 91.0 Å². The van der Waals surface area contributed by atoms with Crippen molar-refractivity contribution < 1.29 is 9.47 Å². The number of benzene rings is 4. The highest BCUT2D eigenvalue weighted by Gasteiger charge is 2.46. The lowest BCUT2D eigenvalue weighted by atomic mass is 9.67. The second kappa shape index (κ2) is 7.38. The van der Waals surface area contributed by atoms with Crippen molar-refractivity contribution in [3.8, 4) is 35.0 Å². The number of terminal acetylenes is 1. The molecule has 0 heterocycles. The van der Waals surface area contributed by atoms with E-state index in [1.807, 2.05) is 30.3 Å². The molecule has 0 spiro atoms. The van der Waals surface area contributed by atoms with E-state index in [4.69, 9.17) is 15.9 Å². The van der Waals surface area contributed by atoms with E-state index < -0.39 is 5.41 Å². The summed E-state index contributed by atoms with van der Waals surface area (Å²) in [4.78, 5) is 0. The summed E-state index contributed by atoms with van der Waals surface area (Å²) in [5.41, 5.74) is 7.59. The van der Waals surface area contributed by atoms with Gasteiger partial charge in [-0.3, -0.25) is 0 Å². The highest BCUT2D eigenvalue weighted by molar-refractivity contribution is 5.86. The molecule has 4 aromatic carbocycles. The Morgan fingerprint density at radius 2 is 1.19 bits per heavy atom. The van der Waals surface area contributed by atoms with Gasteiger partial charge in [-0.05, 0) is 69.8 Å². The molecule has 4 aromatic rings. The smallest absolute Gasteiger partial charge is 0.118 e. The predicted octanol–water partition coefficient (Wildman–Crippen LogP) is 6.05. The molecule has 0 atom stereocenters. The highest BCUT2D eigenvalue weighted by Crippen LogP contribution is 2.56. The van der Waals surface area contributed by atoms with E-state index in [9.17, 15) is 0 Å². The van der Waals surface area contributed by atoms with Crippen molar-refractivity contribution in [3.05, 3.63) is 119 Å². The Balaban J connectivity index is 1.91. The maximum Gasteiger partial charge on any atom is 0.118 e. The third-order valence-electron chi connectivity index (χ3n) is 6.26. The van der Waals surface area contributed by atoms with Crippen molar-refractivity contribution in [1.29, 1.82) is 0 Å². The summed E-state index contributed by atoms with van der Waals surface area (Å²) >= 11 is 0. The molecule has 31 heavy (non-hydrogen) atoms. The normalized spacial score (nSPS) is 13.1. The van der Waals surface area contributed by atoms with Gasteiger partial charge in [0.1, 0.15) is 11.5 Å². The molecule has 0 aliphatic heterocycles. The van der Waals surface area contributed by atoms with Crippen molar-refractivity contribution in [2.24, 2.45) is 0 Å². The minimum Gasteiger partial charge on any atom is -0.497 e. The van der Waals surface area contributed by atoms with E-state index in [1.165, 1.54) is 33.4 Å². The fourth-order valence-electron chi connectivity index (χ4n) is 4.84. The quantitative estimate of drug-likeness (QED) is 0.341. The Morgan fingerprint density at radius 3 is 1.74 bits per heavy atom. The average molecular weight is 402 g/mol. The van der Waals surface area contributed by atoms with Gasteiger partial charge in [-0.15, -0.1) is 6.42 Å². The molecule has 0 bridgehead atoms. The summed E-state index contributed by atoms with van der Waals surface area (Å²) in [5.74, 6) is 4.48. The molecule has 2 heteroatoms. The van der Waals surface area contributed by atoms with Crippen LogP contribution in [0, 0.1) is 12.3 Å². The van der Waals surface area contributed by atoms with E-state index in [0.29, 0.717) is 0 Å². The number of methoxy groups -OCH3 is 2. The molecular formula is C29H22O2. The Labute approximate surface area is 183 Å². The monoisotopic (exact) mass is 402 g/mol. The summed E-state index contributed by atoms with van der Waals surface area (Å²) in [5, 5.41) is 0. The highest BCUT2D eigenvalue weighted by atomic mass is 16.5. The molecule has 5 rings (SSSR count). The lowest BCUT2D eigenvalue weighted by molar-refractivity contribution is 0.414. The Hall–Kier alpha value is -3.96. The summed E-state index contributed by atoms with van der Waals surface area (Å²) in [6.07, 6.45) is 5.81. The first kappa shape index (κ1) is 19.0. The third kappa shape index (κ3) is 2.75. The zero-order valence-corrected chi connectivity index (χ0v) is 17.6. The molecule has 1 aliphatic carbocycles. The summed E-state index contributed by atoms with van der Waals surface area (Å²) < 4.78 is 10.9. The van der Waals surface area contributed by atoms with Crippen LogP contribution < -0.4 is 9.47 Å². The van der Waals surface area contributed by atoms with Crippen molar-refractivity contribution in [3.63, 3.8) is 0 Å². The molecule has 0 saturated heterocycles. The van der Waals surface area contributed by atoms with Crippen LogP contribution >= 0.6 is 0 Å². The average Bonchev–Trinajstić information content (AvgIpc) is 3.14. The standard InChI is InChI=1S/C29H22O2/c1-4-20-9-18-26-25-7-5-6-8-27(25)29(28(26)19-20,21-10-14-23(30-2)15-11-21)22-12-16-24(31-3)17-13-22/h1,5-19H,2-3H3. The SMILES string of the molecule is C#Cc1ccc2c(c1)C(c1ccc(OC)cc1)(c1ccc(OC)cc1)c1ccccc1-2. The van der Waals surface area contributed by atoms with Gasteiger partial charge < -0.3 is 9.47 Å². The van der Waals surface area contributed by atoms with Crippen LogP contribution in [0.25, 0.3) is 11.1 Å². The van der Waals surface area contributed by atoms with Gasteiger partial charge in [-0.1, -0.05) is 60.5 Å². The van der Waals surface area contributed by atoms with Crippen LogP contribution in [0.1, 0.15) is 27.8 Å². The molecule has 0 amide bonds. The summed E-state index contributed by atoms with van der Waals surface area (Å²) in [6, 6.07) is 31.6.